The average molecular weight is 215 g/mol. The molecule has 74 valence electrons. The number of carboxylic acid groups (broad SMARTS) is 1. The maximum Gasteiger partial charge on any atom is 0.314 e. The highest BCUT2D eigenvalue weighted by molar-refractivity contribution is 6.30. The highest BCUT2D eigenvalue weighted by atomic mass is 35.5. The van der Waals surface area contributed by atoms with E-state index in [0.29, 0.717) is 17.9 Å². The topological polar surface area (TPSA) is 37.3 Å². The van der Waals surface area contributed by atoms with E-state index in [-0.39, 0.29) is 5.56 Å². The minimum atomic E-state index is -1.02. The molecule has 0 saturated heterocycles. The molecule has 1 aromatic rings. The van der Waals surface area contributed by atoms with Crippen LogP contribution < -0.4 is 0 Å². The lowest BCUT2D eigenvalue weighted by atomic mass is 9.96. The Balaban J connectivity index is 2.51. The van der Waals surface area contributed by atoms with E-state index >= 15 is 0 Å². The van der Waals surface area contributed by atoms with Crippen molar-refractivity contribution in [2.45, 2.75) is 18.3 Å². The van der Waals surface area contributed by atoms with Gasteiger partial charge >= 0.3 is 5.97 Å². The summed E-state index contributed by atoms with van der Waals surface area (Å²) in [4.78, 5) is 10.9. The van der Waals surface area contributed by atoms with Crippen LogP contribution in [-0.2, 0) is 10.2 Å². The van der Waals surface area contributed by atoms with Crippen LogP contribution in [0.3, 0.4) is 0 Å². The fourth-order valence-corrected chi connectivity index (χ4v) is 1.76. The second kappa shape index (κ2) is 2.95. The van der Waals surface area contributed by atoms with Crippen molar-refractivity contribution >= 4 is 17.6 Å². The van der Waals surface area contributed by atoms with E-state index in [2.05, 4.69) is 0 Å². The van der Waals surface area contributed by atoms with Gasteiger partial charge in [-0.1, -0.05) is 11.6 Å². The Labute approximate surface area is 85.3 Å². The van der Waals surface area contributed by atoms with Crippen molar-refractivity contribution in [2.24, 2.45) is 0 Å². The van der Waals surface area contributed by atoms with Gasteiger partial charge in [-0.15, -0.1) is 0 Å². The smallest absolute Gasteiger partial charge is 0.314 e. The Bertz CT molecular complexity index is 399. The van der Waals surface area contributed by atoms with E-state index in [1.54, 1.807) is 0 Å². The van der Waals surface area contributed by atoms with Crippen LogP contribution in [0.2, 0.25) is 5.02 Å². The number of carbonyl (C=O) groups is 1. The first-order valence-electron chi connectivity index (χ1n) is 4.25. The lowest BCUT2D eigenvalue weighted by Crippen LogP contribution is -2.20. The molecule has 1 fully saturated rings. The minimum Gasteiger partial charge on any atom is -0.481 e. The summed E-state index contributed by atoms with van der Waals surface area (Å²) >= 11 is 5.70. The fraction of sp³-hybridized carbons (Fsp3) is 0.300. The molecule has 0 heterocycles. The van der Waals surface area contributed by atoms with Gasteiger partial charge in [-0.2, -0.15) is 0 Å². The number of hydrogen-bond acceptors (Lipinski definition) is 1. The third-order valence-electron chi connectivity index (χ3n) is 2.60. The first-order valence-corrected chi connectivity index (χ1v) is 4.63. The molecule has 1 N–H and O–H groups in total. The van der Waals surface area contributed by atoms with Gasteiger partial charge in [0, 0.05) is 10.6 Å². The number of rotatable bonds is 2. The molecule has 0 radical (unpaired) electrons. The second-order valence-electron chi connectivity index (χ2n) is 3.51. The molecule has 0 bridgehead atoms. The molecule has 1 aliphatic carbocycles. The van der Waals surface area contributed by atoms with Gasteiger partial charge in [0.2, 0.25) is 0 Å². The third-order valence-corrected chi connectivity index (χ3v) is 2.84. The zero-order valence-electron chi connectivity index (χ0n) is 7.26. The fourth-order valence-electron chi connectivity index (χ4n) is 1.59. The maximum absolute atomic E-state index is 13.3. The molecule has 4 heteroatoms. The van der Waals surface area contributed by atoms with Crippen LogP contribution in [0.25, 0.3) is 0 Å². The van der Waals surface area contributed by atoms with Gasteiger partial charge in [-0.05, 0) is 31.0 Å². The molecule has 0 aromatic heterocycles. The van der Waals surface area contributed by atoms with Gasteiger partial charge < -0.3 is 5.11 Å². The lowest BCUT2D eigenvalue weighted by Gasteiger charge is -2.11. The van der Waals surface area contributed by atoms with Crippen LogP contribution in [0, 0.1) is 5.82 Å². The molecule has 14 heavy (non-hydrogen) atoms. The van der Waals surface area contributed by atoms with Crippen molar-refractivity contribution in [1.82, 2.24) is 0 Å². The number of aliphatic carboxylic acids is 1. The summed E-state index contributed by atoms with van der Waals surface area (Å²) < 4.78 is 13.3. The van der Waals surface area contributed by atoms with Crippen LogP contribution in [-0.4, -0.2) is 11.1 Å². The first-order chi connectivity index (χ1) is 6.56. The van der Waals surface area contributed by atoms with E-state index in [0.717, 1.165) is 0 Å². The molecule has 1 aromatic carbocycles. The highest BCUT2D eigenvalue weighted by Gasteiger charge is 2.53. The SMILES string of the molecule is O=C(O)C1(c2cc(Cl)ccc2F)CC1. The van der Waals surface area contributed by atoms with Gasteiger partial charge in [-0.25, -0.2) is 4.39 Å². The first kappa shape index (κ1) is 9.46. The molecule has 1 aliphatic rings. The number of hydrogen-bond donors (Lipinski definition) is 1. The molecule has 2 nitrogen and oxygen atoms in total. The van der Waals surface area contributed by atoms with Crippen LogP contribution in [0.5, 0.6) is 0 Å². The summed E-state index contributed by atoms with van der Waals surface area (Å²) in [6, 6.07) is 4.02. The average Bonchev–Trinajstić information content (AvgIpc) is 2.90. The van der Waals surface area contributed by atoms with Crippen molar-refractivity contribution in [2.75, 3.05) is 0 Å². The molecule has 0 aliphatic heterocycles. The summed E-state index contributed by atoms with van der Waals surface area (Å²) in [7, 11) is 0. The van der Waals surface area contributed by atoms with Crippen LogP contribution in [0.4, 0.5) is 4.39 Å². The van der Waals surface area contributed by atoms with Gasteiger partial charge in [0.05, 0.1) is 5.41 Å². The van der Waals surface area contributed by atoms with E-state index in [1.807, 2.05) is 0 Å². The van der Waals surface area contributed by atoms with Crippen molar-refractivity contribution in [3.8, 4) is 0 Å². The Kier molecular flexibility index (Phi) is 2.00. The van der Waals surface area contributed by atoms with E-state index in [1.165, 1.54) is 18.2 Å². The van der Waals surface area contributed by atoms with Gasteiger partial charge in [0.1, 0.15) is 5.82 Å². The molecule has 0 unspecified atom stereocenters. The highest BCUT2D eigenvalue weighted by Crippen LogP contribution is 2.49. The summed E-state index contributed by atoms with van der Waals surface area (Å²) in [6.07, 6.45) is 0.971. The monoisotopic (exact) mass is 214 g/mol. The Hall–Kier alpha value is -1.09. The molecular weight excluding hydrogens is 207 g/mol. The van der Waals surface area contributed by atoms with E-state index in [4.69, 9.17) is 16.7 Å². The Morgan fingerprint density at radius 2 is 2.14 bits per heavy atom. The second-order valence-corrected chi connectivity index (χ2v) is 3.95. The summed E-state index contributed by atoms with van der Waals surface area (Å²) in [5, 5.41) is 9.33. The predicted octanol–water partition coefficient (Wildman–Crippen LogP) is 2.60. The van der Waals surface area contributed by atoms with Crippen molar-refractivity contribution in [1.29, 1.82) is 0 Å². The summed E-state index contributed by atoms with van der Waals surface area (Å²) in [6.45, 7) is 0. The minimum absolute atomic E-state index is 0.206. The predicted molar refractivity (Wildman–Crippen MR) is 50.0 cm³/mol. The number of halogens is 2. The quantitative estimate of drug-likeness (QED) is 0.822. The normalized spacial score (nSPS) is 17.9. The largest absolute Gasteiger partial charge is 0.481 e. The zero-order chi connectivity index (χ0) is 10.3. The maximum atomic E-state index is 13.3. The zero-order valence-corrected chi connectivity index (χ0v) is 8.01. The molecule has 0 spiro atoms. The summed E-state index contributed by atoms with van der Waals surface area (Å²) in [5.41, 5.74) is -0.813. The van der Waals surface area contributed by atoms with Gasteiger partial charge in [0.25, 0.3) is 0 Å². The Morgan fingerprint density at radius 1 is 1.50 bits per heavy atom. The van der Waals surface area contributed by atoms with Gasteiger partial charge in [0.15, 0.2) is 0 Å². The van der Waals surface area contributed by atoms with Crippen LogP contribution in [0.1, 0.15) is 18.4 Å². The van der Waals surface area contributed by atoms with Crippen LogP contribution in [0.15, 0.2) is 18.2 Å². The van der Waals surface area contributed by atoms with Crippen molar-refractivity contribution in [3.05, 3.63) is 34.6 Å². The van der Waals surface area contributed by atoms with Gasteiger partial charge in [-0.3, -0.25) is 4.79 Å². The van der Waals surface area contributed by atoms with Crippen molar-refractivity contribution in [3.63, 3.8) is 0 Å². The van der Waals surface area contributed by atoms with E-state index < -0.39 is 17.2 Å². The number of benzene rings is 1. The molecular formula is C10H8ClFO2. The number of carboxylic acids is 1. The molecule has 1 saturated carbocycles. The molecule has 0 atom stereocenters. The van der Waals surface area contributed by atoms with E-state index in [9.17, 15) is 9.18 Å². The Morgan fingerprint density at radius 3 is 2.64 bits per heavy atom. The lowest BCUT2D eigenvalue weighted by molar-refractivity contribution is -0.140. The van der Waals surface area contributed by atoms with Crippen molar-refractivity contribution < 1.29 is 14.3 Å². The molecule has 0 amide bonds. The van der Waals surface area contributed by atoms with Crippen LogP contribution >= 0.6 is 11.6 Å². The third kappa shape index (κ3) is 1.28. The molecule has 2 rings (SSSR count). The summed E-state index contributed by atoms with van der Waals surface area (Å²) in [5.74, 6) is -1.46. The standard InChI is InChI=1S/C10H8ClFO2/c11-6-1-2-8(12)7(5-6)10(3-4-10)9(13)14/h1-2,5H,3-4H2,(H,13,14).